The van der Waals surface area contributed by atoms with E-state index in [1.165, 1.54) is 17.4 Å². The zero-order valence-electron chi connectivity index (χ0n) is 18.8. The predicted octanol–water partition coefficient (Wildman–Crippen LogP) is 4.40. The monoisotopic (exact) mass is 480 g/mol. The summed E-state index contributed by atoms with van der Waals surface area (Å²) in [6, 6.07) is 10.2. The highest BCUT2D eigenvalue weighted by Gasteiger charge is 2.17. The second-order valence-corrected chi connectivity index (χ2v) is 8.75. The van der Waals surface area contributed by atoms with Crippen LogP contribution in [-0.2, 0) is 4.74 Å². The summed E-state index contributed by atoms with van der Waals surface area (Å²) in [5.41, 5.74) is 1.30. The molecule has 2 aromatic carbocycles. The molecule has 34 heavy (non-hydrogen) atoms. The Morgan fingerprint density at radius 3 is 2.82 bits per heavy atom. The molecular formula is C25H25FN4O3S. The van der Waals surface area contributed by atoms with Crippen LogP contribution in [-0.4, -0.2) is 62.3 Å². The topological polar surface area (TPSA) is 75.7 Å². The van der Waals surface area contributed by atoms with Gasteiger partial charge in [-0.1, -0.05) is 12.1 Å². The number of nitrogens with zero attached hydrogens (tertiary/aromatic N) is 2. The first-order chi connectivity index (χ1) is 16.6. The zero-order chi connectivity index (χ0) is 23.5. The number of nitrogens with one attached hydrogen (secondary N) is 2. The molecule has 0 saturated carbocycles. The molecule has 2 aromatic heterocycles. The molecular weight excluding hydrogens is 455 g/mol. The maximum atomic E-state index is 14.7. The van der Waals surface area contributed by atoms with Gasteiger partial charge in [-0.2, -0.15) is 11.3 Å². The molecule has 1 aliphatic heterocycles. The van der Waals surface area contributed by atoms with Crippen LogP contribution in [0.1, 0.15) is 10.4 Å². The van der Waals surface area contributed by atoms with Crippen molar-refractivity contribution in [2.24, 2.45) is 0 Å². The van der Waals surface area contributed by atoms with Gasteiger partial charge < -0.3 is 20.1 Å². The van der Waals surface area contributed by atoms with Crippen LogP contribution in [0.25, 0.3) is 21.7 Å². The van der Waals surface area contributed by atoms with Gasteiger partial charge in [-0.05, 0) is 23.6 Å². The van der Waals surface area contributed by atoms with Crippen LogP contribution in [0.4, 0.5) is 15.9 Å². The molecule has 1 fully saturated rings. The largest absolute Gasteiger partial charge is 0.492 e. The molecule has 0 spiro atoms. The zero-order valence-corrected chi connectivity index (χ0v) is 19.6. The first kappa shape index (κ1) is 22.5. The highest BCUT2D eigenvalue weighted by Crippen LogP contribution is 2.35. The Morgan fingerprint density at radius 2 is 2.00 bits per heavy atom. The summed E-state index contributed by atoms with van der Waals surface area (Å²) in [5.74, 6) is 0.431. The van der Waals surface area contributed by atoms with E-state index in [0.29, 0.717) is 29.3 Å². The van der Waals surface area contributed by atoms with E-state index in [9.17, 15) is 9.18 Å². The number of aromatic nitrogens is 1. The average molecular weight is 481 g/mol. The Kier molecular flexibility index (Phi) is 6.57. The van der Waals surface area contributed by atoms with E-state index in [-0.39, 0.29) is 11.6 Å². The van der Waals surface area contributed by atoms with E-state index in [1.807, 2.05) is 22.9 Å². The number of carbonyl (C=O) groups excluding carboxylic acids is 1. The second kappa shape index (κ2) is 9.92. The van der Waals surface area contributed by atoms with Gasteiger partial charge in [0.25, 0.3) is 5.91 Å². The molecule has 1 aliphatic rings. The summed E-state index contributed by atoms with van der Waals surface area (Å²) >= 11 is 1.53. The lowest BCUT2D eigenvalue weighted by Gasteiger charge is -2.26. The first-order valence-electron chi connectivity index (χ1n) is 11.1. The number of carbonyl (C=O) groups is 1. The van der Waals surface area contributed by atoms with Crippen LogP contribution < -0.4 is 15.4 Å². The summed E-state index contributed by atoms with van der Waals surface area (Å²) < 4.78 is 26.0. The summed E-state index contributed by atoms with van der Waals surface area (Å²) in [6.45, 7) is 4.55. The molecule has 0 radical (unpaired) electrons. The van der Waals surface area contributed by atoms with Crippen molar-refractivity contribution in [1.29, 1.82) is 0 Å². The van der Waals surface area contributed by atoms with Crippen LogP contribution in [0.5, 0.6) is 5.75 Å². The second-order valence-electron chi connectivity index (χ2n) is 8.01. The highest BCUT2D eigenvalue weighted by atomic mass is 32.1. The Bertz CT molecular complexity index is 1340. The predicted molar refractivity (Wildman–Crippen MR) is 133 cm³/mol. The number of hydrogen-bond acceptors (Lipinski definition) is 7. The van der Waals surface area contributed by atoms with Crippen molar-refractivity contribution in [1.82, 2.24) is 15.2 Å². The van der Waals surface area contributed by atoms with Gasteiger partial charge in [-0.3, -0.25) is 9.69 Å². The van der Waals surface area contributed by atoms with Crippen molar-refractivity contribution in [3.63, 3.8) is 0 Å². The number of thiophene rings is 1. The van der Waals surface area contributed by atoms with Gasteiger partial charge in [0.2, 0.25) is 0 Å². The quantitative estimate of drug-likeness (QED) is 0.408. The fourth-order valence-corrected chi connectivity index (χ4v) is 4.92. The minimum Gasteiger partial charge on any atom is -0.492 e. The number of halogens is 1. The Morgan fingerprint density at radius 1 is 1.18 bits per heavy atom. The molecule has 9 heteroatoms. The van der Waals surface area contributed by atoms with Gasteiger partial charge in [0.15, 0.2) is 0 Å². The number of hydrogen-bond donors (Lipinski definition) is 2. The van der Waals surface area contributed by atoms with Gasteiger partial charge in [-0.15, -0.1) is 0 Å². The van der Waals surface area contributed by atoms with Gasteiger partial charge in [-0.25, -0.2) is 9.37 Å². The van der Waals surface area contributed by atoms with Gasteiger partial charge in [0.1, 0.15) is 24.0 Å². The summed E-state index contributed by atoms with van der Waals surface area (Å²) in [4.78, 5) is 19.5. The highest BCUT2D eigenvalue weighted by molar-refractivity contribution is 7.09. The fraction of sp³-hybridized carbons (Fsp3) is 0.280. The average Bonchev–Trinajstić information content (AvgIpc) is 3.37. The van der Waals surface area contributed by atoms with E-state index in [2.05, 4.69) is 15.5 Å². The SMILES string of the molecule is CNC(=O)c1cccc2c1nc(Nc1cc(OCCN3CCOCC3)ccc1F)c1cscc12. The summed E-state index contributed by atoms with van der Waals surface area (Å²) in [5, 5.41) is 12.5. The van der Waals surface area contributed by atoms with Crippen LogP contribution in [0.15, 0.2) is 47.2 Å². The number of benzene rings is 2. The molecule has 0 unspecified atom stereocenters. The molecule has 7 nitrogen and oxygen atoms in total. The molecule has 4 aromatic rings. The minimum absolute atomic E-state index is 0.222. The number of anilines is 2. The Balaban J connectivity index is 1.43. The number of ether oxygens (including phenoxy) is 2. The maximum Gasteiger partial charge on any atom is 0.253 e. The summed E-state index contributed by atoms with van der Waals surface area (Å²) in [7, 11) is 1.59. The minimum atomic E-state index is -0.412. The van der Waals surface area contributed by atoms with Crippen molar-refractivity contribution in [3.05, 3.63) is 58.5 Å². The lowest BCUT2D eigenvalue weighted by atomic mass is 10.1. The Hall–Kier alpha value is -3.27. The molecule has 3 heterocycles. The number of fused-ring (bicyclic) bond motifs is 3. The molecule has 1 saturated heterocycles. The van der Waals surface area contributed by atoms with Crippen LogP contribution in [0, 0.1) is 5.82 Å². The molecule has 5 rings (SSSR count). The van der Waals surface area contributed by atoms with Crippen LogP contribution in [0.3, 0.4) is 0 Å². The standard InChI is InChI=1S/C25H25FN4O3S/c1-27-25(31)18-4-2-3-17-19-14-34-15-20(19)24(29-23(17)18)28-22-13-16(5-6-21(22)26)33-12-9-30-7-10-32-11-8-30/h2-6,13-15H,7-12H2,1H3,(H,27,31)(H,28,29). The molecule has 0 bridgehead atoms. The number of rotatable bonds is 7. The van der Waals surface area contributed by atoms with Crippen molar-refractivity contribution < 1.29 is 18.7 Å². The fourth-order valence-electron chi connectivity index (χ4n) is 4.09. The molecule has 0 aliphatic carbocycles. The molecule has 2 N–H and O–H groups in total. The van der Waals surface area contributed by atoms with Gasteiger partial charge >= 0.3 is 0 Å². The van der Waals surface area contributed by atoms with E-state index in [0.717, 1.165) is 49.0 Å². The third kappa shape index (κ3) is 4.54. The molecule has 1 amide bonds. The normalized spacial score (nSPS) is 14.4. The van der Waals surface area contributed by atoms with Crippen LogP contribution >= 0.6 is 11.3 Å². The molecule has 0 atom stereocenters. The maximum absolute atomic E-state index is 14.7. The number of morpholine rings is 1. The smallest absolute Gasteiger partial charge is 0.253 e. The summed E-state index contributed by atoms with van der Waals surface area (Å²) in [6.07, 6.45) is 0. The van der Waals surface area contributed by atoms with E-state index in [1.54, 1.807) is 25.2 Å². The lowest BCUT2D eigenvalue weighted by Crippen LogP contribution is -2.38. The third-order valence-electron chi connectivity index (χ3n) is 5.91. The lowest BCUT2D eigenvalue weighted by molar-refractivity contribution is 0.0322. The van der Waals surface area contributed by atoms with E-state index < -0.39 is 5.82 Å². The number of pyridine rings is 1. The van der Waals surface area contributed by atoms with Crippen LogP contribution in [0.2, 0.25) is 0 Å². The first-order valence-corrected chi connectivity index (χ1v) is 12.1. The van der Waals surface area contributed by atoms with E-state index in [4.69, 9.17) is 14.5 Å². The van der Waals surface area contributed by atoms with Gasteiger partial charge in [0.05, 0.1) is 30.0 Å². The van der Waals surface area contributed by atoms with Gasteiger partial charge in [0, 0.05) is 54.3 Å². The number of para-hydroxylation sites is 1. The van der Waals surface area contributed by atoms with Crippen molar-refractivity contribution in [2.45, 2.75) is 0 Å². The van der Waals surface area contributed by atoms with Crippen molar-refractivity contribution in [3.8, 4) is 5.75 Å². The molecule has 176 valence electrons. The van der Waals surface area contributed by atoms with E-state index >= 15 is 0 Å². The third-order valence-corrected chi connectivity index (χ3v) is 6.65. The van der Waals surface area contributed by atoms with Crippen molar-refractivity contribution in [2.75, 3.05) is 51.8 Å². The Labute approximate surface area is 200 Å². The number of amides is 1. The van der Waals surface area contributed by atoms with Crippen molar-refractivity contribution >= 4 is 50.4 Å².